The molecule has 1 aliphatic heterocycles. The Balaban J connectivity index is 1.73. The van der Waals surface area contributed by atoms with Gasteiger partial charge in [-0.25, -0.2) is 4.79 Å². The zero-order valence-corrected chi connectivity index (χ0v) is 12.3. The first kappa shape index (κ1) is 17.6. The Morgan fingerprint density at radius 3 is 2.42 bits per heavy atom. The molecule has 1 aromatic carbocycles. The Kier molecular flexibility index (Phi) is 5.27. The Bertz CT molecular complexity index is 631. The molecule has 10 heteroatoms. The molecular formula is C14H14F3N3O4. The van der Waals surface area contributed by atoms with Crippen LogP contribution in [0.3, 0.4) is 0 Å². The zero-order chi connectivity index (χ0) is 17.7. The molecule has 24 heavy (non-hydrogen) atoms. The molecule has 0 aromatic heterocycles. The zero-order valence-electron chi connectivity index (χ0n) is 12.3. The SMILES string of the molecule is O=C(CCC1NC(=O)NC1=O)NCc1ccc(OC(F)(F)F)cc1. The van der Waals surface area contributed by atoms with E-state index in [1.165, 1.54) is 12.1 Å². The summed E-state index contributed by atoms with van der Waals surface area (Å²) in [5, 5.41) is 7.00. The molecule has 130 valence electrons. The van der Waals surface area contributed by atoms with E-state index < -0.39 is 24.3 Å². The molecule has 1 unspecified atom stereocenters. The largest absolute Gasteiger partial charge is 0.573 e. The third-order valence-corrected chi connectivity index (χ3v) is 3.17. The van der Waals surface area contributed by atoms with Gasteiger partial charge < -0.3 is 15.4 Å². The van der Waals surface area contributed by atoms with Crippen molar-refractivity contribution in [3.8, 4) is 5.75 Å². The molecule has 1 aromatic rings. The molecule has 7 nitrogen and oxygen atoms in total. The summed E-state index contributed by atoms with van der Waals surface area (Å²) in [7, 11) is 0. The van der Waals surface area contributed by atoms with E-state index >= 15 is 0 Å². The molecule has 0 saturated carbocycles. The van der Waals surface area contributed by atoms with E-state index in [0.29, 0.717) is 5.56 Å². The lowest BCUT2D eigenvalue weighted by molar-refractivity contribution is -0.274. The van der Waals surface area contributed by atoms with Gasteiger partial charge in [0.25, 0.3) is 5.91 Å². The minimum Gasteiger partial charge on any atom is -0.406 e. The summed E-state index contributed by atoms with van der Waals surface area (Å²) >= 11 is 0. The number of rotatable bonds is 6. The van der Waals surface area contributed by atoms with Gasteiger partial charge in [0.05, 0.1) is 0 Å². The molecule has 3 N–H and O–H groups in total. The van der Waals surface area contributed by atoms with Crippen molar-refractivity contribution in [2.75, 3.05) is 0 Å². The standard InChI is InChI=1S/C14H14F3N3O4/c15-14(16,17)24-9-3-1-8(2-4-9)7-18-11(21)6-5-10-12(22)20-13(23)19-10/h1-4,10H,5-7H2,(H,18,21)(H2,19,20,22,23). The van der Waals surface area contributed by atoms with Crippen molar-refractivity contribution < 1.29 is 32.3 Å². The van der Waals surface area contributed by atoms with Crippen molar-refractivity contribution in [2.24, 2.45) is 0 Å². The van der Waals surface area contributed by atoms with Crippen molar-refractivity contribution in [1.82, 2.24) is 16.0 Å². The van der Waals surface area contributed by atoms with Crippen molar-refractivity contribution in [3.63, 3.8) is 0 Å². The third-order valence-electron chi connectivity index (χ3n) is 3.17. The highest BCUT2D eigenvalue weighted by Crippen LogP contribution is 2.22. The van der Waals surface area contributed by atoms with Gasteiger partial charge in [0.2, 0.25) is 5.91 Å². The predicted octanol–water partition coefficient (Wildman–Crippen LogP) is 1.19. The summed E-state index contributed by atoms with van der Waals surface area (Å²) in [4.78, 5) is 33.9. The Labute approximate surface area is 134 Å². The van der Waals surface area contributed by atoms with Crippen LogP contribution in [0, 0.1) is 0 Å². The summed E-state index contributed by atoms with van der Waals surface area (Å²) in [6.45, 7) is 0.119. The molecule has 0 aliphatic carbocycles. The number of hydrogen-bond acceptors (Lipinski definition) is 4. The lowest BCUT2D eigenvalue weighted by atomic mass is 10.1. The highest BCUT2D eigenvalue weighted by molar-refractivity contribution is 6.04. The molecule has 1 aliphatic rings. The monoisotopic (exact) mass is 345 g/mol. The second kappa shape index (κ2) is 7.20. The van der Waals surface area contributed by atoms with Gasteiger partial charge in [-0.3, -0.25) is 14.9 Å². The average Bonchev–Trinajstić information content (AvgIpc) is 2.81. The van der Waals surface area contributed by atoms with Crippen LogP contribution in [0.5, 0.6) is 5.75 Å². The number of amides is 4. The van der Waals surface area contributed by atoms with Gasteiger partial charge in [-0.05, 0) is 24.1 Å². The first-order chi connectivity index (χ1) is 11.2. The summed E-state index contributed by atoms with van der Waals surface area (Å²) in [5.74, 6) is -1.17. The van der Waals surface area contributed by atoms with E-state index in [1.807, 2.05) is 0 Å². The fourth-order valence-electron chi connectivity index (χ4n) is 2.04. The lowest BCUT2D eigenvalue weighted by Gasteiger charge is -2.10. The van der Waals surface area contributed by atoms with Crippen molar-refractivity contribution in [2.45, 2.75) is 31.8 Å². The molecule has 0 bridgehead atoms. The van der Waals surface area contributed by atoms with Crippen molar-refractivity contribution in [1.29, 1.82) is 0 Å². The Morgan fingerprint density at radius 1 is 1.21 bits per heavy atom. The molecule has 1 atom stereocenters. The molecular weight excluding hydrogens is 331 g/mol. The van der Waals surface area contributed by atoms with Crippen molar-refractivity contribution >= 4 is 17.8 Å². The average molecular weight is 345 g/mol. The molecule has 1 saturated heterocycles. The normalized spacial score (nSPS) is 17.2. The van der Waals surface area contributed by atoms with Gasteiger partial charge >= 0.3 is 12.4 Å². The maximum Gasteiger partial charge on any atom is 0.573 e. The number of nitrogens with one attached hydrogen (secondary N) is 3. The number of halogens is 3. The maximum absolute atomic E-state index is 12.0. The molecule has 2 rings (SSSR count). The smallest absolute Gasteiger partial charge is 0.406 e. The fraction of sp³-hybridized carbons (Fsp3) is 0.357. The summed E-state index contributed by atoms with van der Waals surface area (Å²) in [5.41, 5.74) is 0.588. The van der Waals surface area contributed by atoms with Crippen LogP contribution in [0.1, 0.15) is 18.4 Å². The van der Waals surface area contributed by atoms with Crippen LogP contribution in [0.15, 0.2) is 24.3 Å². The van der Waals surface area contributed by atoms with Gasteiger partial charge in [0.15, 0.2) is 0 Å². The maximum atomic E-state index is 12.0. The van der Waals surface area contributed by atoms with E-state index in [0.717, 1.165) is 12.1 Å². The molecule has 1 fully saturated rings. The van der Waals surface area contributed by atoms with Crippen LogP contribution >= 0.6 is 0 Å². The predicted molar refractivity (Wildman–Crippen MR) is 74.7 cm³/mol. The summed E-state index contributed by atoms with van der Waals surface area (Å²) < 4.78 is 39.8. The number of carbonyl (C=O) groups excluding carboxylic acids is 3. The van der Waals surface area contributed by atoms with Gasteiger partial charge in [-0.15, -0.1) is 13.2 Å². The van der Waals surface area contributed by atoms with Crippen LogP contribution in [-0.2, 0) is 16.1 Å². The quantitative estimate of drug-likeness (QED) is 0.675. The van der Waals surface area contributed by atoms with Crippen LogP contribution in [0.2, 0.25) is 0 Å². The van der Waals surface area contributed by atoms with Gasteiger partial charge in [-0.2, -0.15) is 0 Å². The van der Waals surface area contributed by atoms with Crippen LogP contribution in [0.4, 0.5) is 18.0 Å². The number of benzene rings is 1. The molecule has 0 radical (unpaired) electrons. The van der Waals surface area contributed by atoms with Crippen LogP contribution in [0.25, 0.3) is 0 Å². The molecule has 0 spiro atoms. The Hall–Kier alpha value is -2.78. The number of hydrogen-bond donors (Lipinski definition) is 3. The highest BCUT2D eigenvalue weighted by atomic mass is 19.4. The van der Waals surface area contributed by atoms with Gasteiger partial charge in [0, 0.05) is 13.0 Å². The summed E-state index contributed by atoms with van der Waals surface area (Å²) in [6.07, 6.45) is -4.58. The minimum atomic E-state index is -4.75. The highest BCUT2D eigenvalue weighted by Gasteiger charge is 2.31. The Morgan fingerprint density at radius 2 is 1.88 bits per heavy atom. The molecule has 1 heterocycles. The second-order valence-corrected chi connectivity index (χ2v) is 5.02. The van der Waals surface area contributed by atoms with E-state index in [-0.39, 0.29) is 31.0 Å². The number of carbonyl (C=O) groups is 3. The van der Waals surface area contributed by atoms with Gasteiger partial charge in [0.1, 0.15) is 11.8 Å². The fourth-order valence-corrected chi connectivity index (χ4v) is 2.04. The topological polar surface area (TPSA) is 96.5 Å². The number of ether oxygens (including phenoxy) is 1. The van der Waals surface area contributed by atoms with Gasteiger partial charge in [-0.1, -0.05) is 12.1 Å². The number of alkyl halides is 3. The van der Waals surface area contributed by atoms with Crippen LogP contribution in [-0.4, -0.2) is 30.2 Å². The minimum absolute atomic E-state index is 0.0215. The van der Waals surface area contributed by atoms with Crippen molar-refractivity contribution in [3.05, 3.63) is 29.8 Å². The van der Waals surface area contributed by atoms with Crippen LogP contribution < -0.4 is 20.7 Å². The third kappa shape index (κ3) is 5.45. The van der Waals surface area contributed by atoms with E-state index in [4.69, 9.17) is 0 Å². The first-order valence-electron chi connectivity index (χ1n) is 6.96. The lowest BCUT2D eigenvalue weighted by Crippen LogP contribution is -2.31. The van der Waals surface area contributed by atoms with E-state index in [1.54, 1.807) is 0 Å². The second-order valence-electron chi connectivity index (χ2n) is 5.02. The summed E-state index contributed by atoms with van der Waals surface area (Å²) in [6, 6.07) is 3.76. The molecule has 4 amide bonds. The van der Waals surface area contributed by atoms with E-state index in [2.05, 4.69) is 20.7 Å². The van der Waals surface area contributed by atoms with E-state index in [9.17, 15) is 27.6 Å². The number of urea groups is 1. The number of imide groups is 1. The first-order valence-corrected chi connectivity index (χ1v) is 6.96.